The molecule has 0 saturated carbocycles. The number of quaternary nitrogens is 1. The molecule has 0 saturated heterocycles. The van der Waals surface area contributed by atoms with Gasteiger partial charge in [0.1, 0.15) is 12.6 Å². The fraction of sp³-hybridized carbons (Fsp3) is 0.143. The molecule has 0 spiro atoms. The summed E-state index contributed by atoms with van der Waals surface area (Å²) in [6.07, 6.45) is 0.880. The van der Waals surface area contributed by atoms with Crippen molar-refractivity contribution >= 4 is 5.69 Å². The van der Waals surface area contributed by atoms with E-state index in [0.29, 0.717) is 6.54 Å². The molecule has 0 aromatic heterocycles. The number of benzene rings is 3. The average Bonchev–Trinajstić information content (AvgIpc) is 2.67. The lowest BCUT2D eigenvalue weighted by Crippen LogP contribution is -2.84. The van der Waals surface area contributed by atoms with Gasteiger partial charge >= 0.3 is 0 Å². The van der Waals surface area contributed by atoms with Crippen molar-refractivity contribution in [1.29, 1.82) is 0 Å². The molecule has 0 heterocycles. The molecule has 0 aliphatic heterocycles. The van der Waals surface area contributed by atoms with Crippen LogP contribution >= 0.6 is 0 Å². The van der Waals surface area contributed by atoms with Gasteiger partial charge < -0.3 is 5.32 Å². The van der Waals surface area contributed by atoms with Gasteiger partial charge in [0, 0.05) is 18.1 Å². The van der Waals surface area contributed by atoms with Crippen LogP contribution in [0.15, 0.2) is 84.9 Å². The van der Waals surface area contributed by atoms with Crippen LogP contribution in [0.4, 0.5) is 5.69 Å². The molecule has 126 valence electrons. The largest absolute Gasteiger partial charge is 0.336 e. The van der Waals surface area contributed by atoms with Crippen LogP contribution in [0.1, 0.15) is 22.7 Å². The van der Waals surface area contributed by atoms with Crippen LogP contribution in [-0.2, 0) is 13.0 Å². The first-order valence-electron chi connectivity index (χ1n) is 8.38. The van der Waals surface area contributed by atoms with Crippen molar-refractivity contribution < 1.29 is 10.2 Å². The van der Waals surface area contributed by atoms with E-state index in [1.807, 2.05) is 48.5 Å². The Bertz CT molecular complexity index is 820. The maximum atomic E-state index is 11.2. The van der Waals surface area contributed by atoms with Crippen molar-refractivity contribution in [2.45, 2.75) is 19.0 Å². The summed E-state index contributed by atoms with van der Waals surface area (Å²) in [5, 5.41) is 13.4. The highest BCUT2D eigenvalue weighted by Gasteiger charge is 2.19. The van der Waals surface area contributed by atoms with E-state index in [9.17, 15) is 10.1 Å². The molecule has 0 amide bonds. The minimum Gasteiger partial charge on any atom is -0.336 e. The van der Waals surface area contributed by atoms with Crippen LogP contribution in [0.25, 0.3) is 0 Å². The zero-order valence-corrected chi connectivity index (χ0v) is 13.9. The summed E-state index contributed by atoms with van der Waals surface area (Å²) in [5.74, 6) is 0. The monoisotopic (exact) mass is 333 g/mol. The third-order valence-electron chi connectivity index (χ3n) is 4.34. The first-order chi connectivity index (χ1) is 12.2. The number of hydrogen-bond acceptors (Lipinski definition) is 2. The number of nitro groups is 1. The third kappa shape index (κ3) is 4.52. The van der Waals surface area contributed by atoms with Crippen molar-refractivity contribution in [3.63, 3.8) is 0 Å². The molecule has 0 unspecified atom stereocenters. The molecular formula is C21H21N2O2+. The molecule has 0 aliphatic carbocycles. The number of hydrogen-bond donors (Lipinski definition) is 1. The van der Waals surface area contributed by atoms with Crippen molar-refractivity contribution in [3.05, 3.63) is 112 Å². The maximum absolute atomic E-state index is 11.2. The highest BCUT2D eigenvalue weighted by molar-refractivity contribution is 5.39. The predicted octanol–water partition coefficient (Wildman–Crippen LogP) is 3.64. The fourth-order valence-electron chi connectivity index (χ4n) is 3.04. The van der Waals surface area contributed by atoms with Crippen LogP contribution in [0, 0.1) is 10.1 Å². The van der Waals surface area contributed by atoms with Crippen LogP contribution in [0.2, 0.25) is 0 Å². The van der Waals surface area contributed by atoms with E-state index in [-0.39, 0.29) is 16.7 Å². The Kier molecular flexibility index (Phi) is 5.54. The van der Waals surface area contributed by atoms with E-state index in [2.05, 4.69) is 29.6 Å². The Labute approximate surface area is 147 Å². The number of nitrogens with zero attached hydrogens (tertiary/aromatic N) is 1. The standard InChI is InChI=1S/C21H20N2O2/c24-23(25)21-14-8-7-13-19(21)16-22-20(18-11-5-2-6-12-18)15-17-9-3-1-4-10-17/h1-14,20,22H,15-16H2/p+1/t20-/m1/s1. The van der Waals surface area contributed by atoms with Crippen LogP contribution in [-0.4, -0.2) is 4.92 Å². The molecule has 0 radical (unpaired) electrons. The minimum absolute atomic E-state index is 0.185. The minimum atomic E-state index is -0.308. The van der Waals surface area contributed by atoms with Crippen molar-refractivity contribution in [2.75, 3.05) is 0 Å². The Morgan fingerprint density at radius 2 is 1.44 bits per heavy atom. The second-order valence-corrected chi connectivity index (χ2v) is 6.03. The van der Waals surface area contributed by atoms with E-state index in [4.69, 9.17) is 0 Å². The van der Waals surface area contributed by atoms with Gasteiger partial charge in [-0.3, -0.25) is 10.1 Å². The van der Waals surface area contributed by atoms with Gasteiger partial charge in [-0.1, -0.05) is 72.8 Å². The first-order valence-corrected chi connectivity index (χ1v) is 8.38. The van der Waals surface area contributed by atoms with Crippen molar-refractivity contribution in [1.82, 2.24) is 0 Å². The Morgan fingerprint density at radius 1 is 0.840 bits per heavy atom. The molecule has 0 bridgehead atoms. The summed E-state index contributed by atoms with van der Waals surface area (Å²) in [6, 6.07) is 27.8. The summed E-state index contributed by atoms with van der Waals surface area (Å²) in [7, 11) is 0. The van der Waals surface area contributed by atoms with E-state index in [0.717, 1.165) is 12.0 Å². The van der Waals surface area contributed by atoms with Crippen LogP contribution < -0.4 is 5.32 Å². The summed E-state index contributed by atoms with van der Waals surface area (Å²) in [4.78, 5) is 10.9. The molecule has 4 heteroatoms. The first kappa shape index (κ1) is 16.9. The van der Waals surface area contributed by atoms with Gasteiger partial charge in [0.2, 0.25) is 0 Å². The van der Waals surface area contributed by atoms with E-state index < -0.39 is 0 Å². The average molecular weight is 333 g/mol. The van der Waals surface area contributed by atoms with Gasteiger partial charge in [-0.05, 0) is 11.6 Å². The van der Waals surface area contributed by atoms with Gasteiger partial charge in [-0.25, -0.2) is 0 Å². The molecule has 1 atom stereocenters. The van der Waals surface area contributed by atoms with Gasteiger partial charge in [0.05, 0.1) is 10.5 Å². The zero-order valence-electron chi connectivity index (χ0n) is 13.9. The molecule has 3 aromatic rings. The Morgan fingerprint density at radius 3 is 2.12 bits per heavy atom. The predicted molar refractivity (Wildman–Crippen MR) is 98.1 cm³/mol. The molecular weight excluding hydrogens is 312 g/mol. The third-order valence-corrected chi connectivity index (χ3v) is 4.34. The number of rotatable bonds is 7. The fourth-order valence-corrected chi connectivity index (χ4v) is 3.04. The van der Waals surface area contributed by atoms with Crippen molar-refractivity contribution in [3.8, 4) is 0 Å². The lowest BCUT2D eigenvalue weighted by Gasteiger charge is -2.16. The van der Waals surface area contributed by atoms with Gasteiger partial charge in [0.15, 0.2) is 0 Å². The normalized spacial score (nSPS) is 11.8. The highest BCUT2D eigenvalue weighted by Crippen LogP contribution is 2.18. The number of nitro benzene ring substituents is 1. The lowest BCUT2D eigenvalue weighted by molar-refractivity contribution is -0.711. The molecule has 4 nitrogen and oxygen atoms in total. The molecule has 3 rings (SSSR count). The van der Waals surface area contributed by atoms with E-state index in [1.54, 1.807) is 12.1 Å². The molecule has 3 aromatic carbocycles. The highest BCUT2D eigenvalue weighted by atomic mass is 16.6. The Hall–Kier alpha value is -2.98. The van der Waals surface area contributed by atoms with Crippen LogP contribution in [0.5, 0.6) is 0 Å². The van der Waals surface area contributed by atoms with E-state index >= 15 is 0 Å². The van der Waals surface area contributed by atoms with E-state index in [1.165, 1.54) is 11.1 Å². The van der Waals surface area contributed by atoms with Crippen molar-refractivity contribution in [2.24, 2.45) is 0 Å². The smallest absolute Gasteiger partial charge is 0.278 e. The molecule has 25 heavy (non-hydrogen) atoms. The lowest BCUT2D eigenvalue weighted by atomic mass is 9.98. The second kappa shape index (κ2) is 8.22. The van der Waals surface area contributed by atoms with Gasteiger partial charge in [-0.15, -0.1) is 0 Å². The molecule has 0 fully saturated rings. The van der Waals surface area contributed by atoms with Crippen LogP contribution in [0.3, 0.4) is 0 Å². The second-order valence-electron chi connectivity index (χ2n) is 6.03. The SMILES string of the molecule is O=[N+]([O-])c1ccccc1C[NH2+][C@H](Cc1ccccc1)c1ccccc1. The zero-order chi connectivity index (χ0) is 17.5. The Balaban J connectivity index is 1.80. The molecule has 0 aliphatic rings. The number of nitrogens with two attached hydrogens (primary N) is 1. The number of para-hydroxylation sites is 1. The maximum Gasteiger partial charge on any atom is 0.278 e. The summed E-state index contributed by atoms with van der Waals surface area (Å²) >= 11 is 0. The summed E-state index contributed by atoms with van der Waals surface area (Å²) in [5.41, 5.74) is 3.42. The van der Waals surface area contributed by atoms with Gasteiger partial charge in [0.25, 0.3) is 5.69 Å². The topological polar surface area (TPSA) is 59.8 Å². The van der Waals surface area contributed by atoms with Gasteiger partial charge in [-0.2, -0.15) is 0 Å². The summed E-state index contributed by atoms with van der Waals surface area (Å²) < 4.78 is 0. The molecule has 2 N–H and O–H groups in total. The summed E-state index contributed by atoms with van der Waals surface area (Å²) in [6.45, 7) is 0.573. The quantitative estimate of drug-likeness (QED) is 0.530.